The third-order valence-corrected chi connectivity index (χ3v) is 4.48. The van der Waals surface area contributed by atoms with Gasteiger partial charge in [-0.05, 0) is 42.0 Å². The van der Waals surface area contributed by atoms with Crippen molar-refractivity contribution >= 4 is 17.3 Å². The van der Waals surface area contributed by atoms with E-state index in [0.717, 1.165) is 36.7 Å². The predicted octanol–water partition coefficient (Wildman–Crippen LogP) is 2.30. The Bertz CT molecular complexity index is 668. The van der Waals surface area contributed by atoms with E-state index in [1.165, 1.54) is 18.4 Å². The van der Waals surface area contributed by atoms with Crippen molar-refractivity contribution in [3.63, 3.8) is 0 Å². The van der Waals surface area contributed by atoms with E-state index in [0.29, 0.717) is 16.6 Å². The van der Waals surface area contributed by atoms with Gasteiger partial charge in [0.1, 0.15) is 0 Å². The first-order valence-corrected chi connectivity index (χ1v) is 7.54. The second-order valence-corrected chi connectivity index (χ2v) is 6.06. The molecule has 0 bridgehead atoms. The van der Waals surface area contributed by atoms with Gasteiger partial charge in [-0.3, -0.25) is 0 Å². The summed E-state index contributed by atoms with van der Waals surface area (Å²) in [6, 6.07) is 2.01. The number of methoxy groups -OCH3 is 1. The fourth-order valence-corrected chi connectivity index (χ4v) is 3.37. The Hall–Kier alpha value is -1.82. The highest BCUT2D eigenvalue weighted by Gasteiger charge is 2.33. The minimum Gasteiger partial charge on any atom is -0.494 e. The number of rotatable bonds is 4. The normalized spacial score (nSPS) is 17.1. The van der Waals surface area contributed by atoms with E-state index in [1.807, 2.05) is 6.07 Å². The van der Waals surface area contributed by atoms with Gasteiger partial charge in [0.25, 0.3) is 0 Å². The zero-order valence-electron chi connectivity index (χ0n) is 11.8. The molecule has 110 valence electrons. The van der Waals surface area contributed by atoms with E-state index in [9.17, 15) is 0 Å². The van der Waals surface area contributed by atoms with Gasteiger partial charge in [-0.15, -0.1) is 10.2 Å². The van der Waals surface area contributed by atoms with Crippen molar-refractivity contribution in [3.05, 3.63) is 16.7 Å². The SMILES string of the molecule is COc1c(Cl)cc2c(c1-c1nn[nH]n1)N(CC1CC1)CC2. The lowest BCUT2D eigenvalue weighted by Gasteiger charge is -2.23. The second-order valence-electron chi connectivity index (χ2n) is 5.65. The molecule has 7 heteroatoms. The van der Waals surface area contributed by atoms with Crippen LogP contribution < -0.4 is 9.64 Å². The molecule has 0 unspecified atom stereocenters. The topological polar surface area (TPSA) is 66.9 Å². The summed E-state index contributed by atoms with van der Waals surface area (Å²) in [7, 11) is 1.62. The molecule has 0 amide bonds. The molecule has 0 atom stereocenters. The summed E-state index contributed by atoms with van der Waals surface area (Å²) in [5.41, 5.74) is 3.25. The Morgan fingerprint density at radius 3 is 3.00 bits per heavy atom. The van der Waals surface area contributed by atoms with Gasteiger partial charge in [-0.2, -0.15) is 5.21 Å². The molecule has 0 radical (unpaired) electrons. The number of tetrazole rings is 1. The van der Waals surface area contributed by atoms with E-state index >= 15 is 0 Å². The summed E-state index contributed by atoms with van der Waals surface area (Å²) < 4.78 is 5.51. The van der Waals surface area contributed by atoms with Crippen LogP contribution in [0.25, 0.3) is 11.4 Å². The molecule has 1 aliphatic carbocycles. The fourth-order valence-electron chi connectivity index (χ4n) is 3.06. The highest BCUT2D eigenvalue weighted by Crippen LogP contribution is 2.47. The van der Waals surface area contributed by atoms with Crippen LogP contribution in [0.3, 0.4) is 0 Å². The molecule has 6 nitrogen and oxygen atoms in total. The van der Waals surface area contributed by atoms with Crippen molar-refractivity contribution in [1.82, 2.24) is 20.6 Å². The van der Waals surface area contributed by atoms with Crippen molar-refractivity contribution < 1.29 is 4.74 Å². The summed E-state index contributed by atoms with van der Waals surface area (Å²) in [4.78, 5) is 2.41. The third-order valence-electron chi connectivity index (χ3n) is 4.20. The van der Waals surface area contributed by atoms with Crippen LogP contribution in [0.1, 0.15) is 18.4 Å². The lowest BCUT2D eigenvalue weighted by molar-refractivity contribution is 0.416. The van der Waals surface area contributed by atoms with E-state index in [2.05, 4.69) is 25.5 Å². The first kappa shape index (κ1) is 12.9. The van der Waals surface area contributed by atoms with Crippen LogP contribution in [0.5, 0.6) is 5.75 Å². The number of ether oxygens (including phenoxy) is 1. The monoisotopic (exact) mass is 305 g/mol. The van der Waals surface area contributed by atoms with Crippen molar-refractivity contribution in [3.8, 4) is 17.1 Å². The van der Waals surface area contributed by atoms with E-state index in [4.69, 9.17) is 16.3 Å². The lowest BCUT2D eigenvalue weighted by Crippen LogP contribution is -2.23. The number of halogens is 1. The van der Waals surface area contributed by atoms with E-state index in [1.54, 1.807) is 7.11 Å². The average Bonchev–Trinajstić information content (AvgIpc) is 2.99. The first-order chi connectivity index (χ1) is 10.3. The Balaban J connectivity index is 1.89. The smallest absolute Gasteiger partial charge is 0.210 e. The Morgan fingerprint density at radius 1 is 1.48 bits per heavy atom. The van der Waals surface area contributed by atoms with Crippen LogP contribution in [0.2, 0.25) is 5.02 Å². The Kier molecular flexibility index (Phi) is 2.99. The summed E-state index contributed by atoms with van der Waals surface area (Å²) in [5.74, 6) is 1.98. The molecule has 2 heterocycles. The summed E-state index contributed by atoms with van der Waals surface area (Å²) in [6.45, 7) is 2.10. The molecule has 0 spiro atoms. The highest BCUT2D eigenvalue weighted by molar-refractivity contribution is 6.33. The van der Waals surface area contributed by atoms with Crippen molar-refractivity contribution in [2.24, 2.45) is 5.92 Å². The van der Waals surface area contributed by atoms with Crippen molar-refractivity contribution in [1.29, 1.82) is 0 Å². The van der Waals surface area contributed by atoms with Crippen molar-refractivity contribution in [2.45, 2.75) is 19.3 Å². The number of anilines is 1. The molecule has 0 saturated heterocycles. The standard InChI is InChI=1S/C14H16ClN5O/c1-21-13-10(15)6-9-4-5-20(7-8-2-3-8)12(9)11(13)14-16-18-19-17-14/h6,8H,2-5,7H2,1H3,(H,16,17,18,19). The van der Waals surface area contributed by atoms with Gasteiger partial charge in [0.15, 0.2) is 5.75 Å². The maximum Gasteiger partial charge on any atom is 0.210 e. The molecular formula is C14H16ClN5O. The number of hydrogen-bond donors (Lipinski definition) is 1. The maximum absolute atomic E-state index is 6.37. The molecule has 1 aromatic carbocycles. The van der Waals surface area contributed by atoms with Gasteiger partial charge in [-0.1, -0.05) is 11.6 Å². The number of aromatic amines is 1. The van der Waals surface area contributed by atoms with E-state index in [-0.39, 0.29) is 0 Å². The van der Waals surface area contributed by atoms with Gasteiger partial charge in [0, 0.05) is 13.1 Å². The zero-order valence-corrected chi connectivity index (χ0v) is 12.5. The highest BCUT2D eigenvalue weighted by atomic mass is 35.5. The number of aromatic nitrogens is 4. The molecule has 1 saturated carbocycles. The largest absolute Gasteiger partial charge is 0.494 e. The average molecular weight is 306 g/mol. The number of nitrogens with one attached hydrogen (secondary N) is 1. The van der Waals surface area contributed by atoms with Gasteiger partial charge in [-0.25, -0.2) is 0 Å². The number of fused-ring (bicyclic) bond motifs is 1. The molecule has 4 rings (SSSR count). The molecule has 1 aliphatic heterocycles. The molecule has 1 N–H and O–H groups in total. The summed E-state index contributed by atoms with van der Waals surface area (Å²) >= 11 is 6.37. The fraction of sp³-hybridized carbons (Fsp3) is 0.500. The van der Waals surface area contributed by atoms with Crippen LogP contribution in [-0.2, 0) is 6.42 Å². The zero-order chi connectivity index (χ0) is 14.4. The Morgan fingerprint density at radius 2 is 2.33 bits per heavy atom. The number of hydrogen-bond acceptors (Lipinski definition) is 5. The molecule has 2 aromatic rings. The molecule has 1 fully saturated rings. The first-order valence-electron chi connectivity index (χ1n) is 7.16. The maximum atomic E-state index is 6.37. The molecule has 21 heavy (non-hydrogen) atoms. The van der Waals surface area contributed by atoms with Gasteiger partial charge >= 0.3 is 0 Å². The van der Waals surface area contributed by atoms with Crippen LogP contribution in [0.4, 0.5) is 5.69 Å². The van der Waals surface area contributed by atoms with Crippen molar-refractivity contribution in [2.75, 3.05) is 25.1 Å². The van der Waals surface area contributed by atoms with Gasteiger partial charge < -0.3 is 9.64 Å². The van der Waals surface area contributed by atoms with Gasteiger partial charge in [0.05, 0.1) is 23.4 Å². The minimum absolute atomic E-state index is 0.535. The van der Waals surface area contributed by atoms with Gasteiger partial charge in [0.2, 0.25) is 5.82 Å². The molecular weight excluding hydrogens is 290 g/mol. The van der Waals surface area contributed by atoms with Crippen LogP contribution in [0, 0.1) is 5.92 Å². The lowest BCUT2D eigenvalue weighted by atomic mass is 10.0. The summed E-state index contributed by atoms with van der Waals surface area (Å²) in [6.07, 6.45) is 3.65. The Labute approximate surface area is 127 Å². The minimum atomic E-state index is 0.535. The number of H-pyrrole nitrogens is 1. The van der Waals surface area contributed by atoms with E-state index < -0.39 is 0 Å². The van der Waals surface area contributed by atoms with Crippen LogP contribution >= 0.6 is 11.6 Å². The number of benzene rings is 1. The molecule has 2 aliphatic rings. The quantitative estimate of drug-likeness (QED) is 0.939. The molecule has 1 aromatic heterocycles. The second kappa shape index (κ2) is 4.87. The van der Waals surface area contributed by atoms with Crippen LogP contribution in [0.15, 0.2) is 6.07 Å². The summed E-state index contributed by atoms with van der Waals surface area (Å²) in [5, 5.41) is 15.0. The number of nitrogens with zero attached hydrogens (tertiary/aromatic N) is 4. The predicted molar refractivity (Wildman–Crippen MR) is 79.8 cm³/mol. The van der Waals surface area contributed by atoms with Crippen LogP contribution in [-0.4, -0.2) is 40.8 Å². The third kappa shape index (κ3) is 2.14.